The number of likely N-dealkylation sites (tertiary alicyclic amines) is 1. The number of carbonyl (C=O) groups excluding carboxylic acids is 2. The molecule has 2 rings (SSSR count). The number of carbonyl (C=O) groups is 2. The summed E-state index contributed by atoms with van der Waals surface area (Å²) < 4.78 is 0. The van der Waals surface area contributed by atoms with Crippen LogP contribution in [0, 0.1) is 5.92 Å². The fourth-order valence-electron chi connectivity index (χ4n) is 2.20. The highest BCUT2D eigenvalue weighted by Gasteiger charge is 2.45. The molecule has 3 atom stereocenters. The minimum atomic E-state index is -0.404. The van der Waals surface area contributed by atoms with Crippen molar-refractivity contribution >= 4 is 11.8 Å². The lowest BCUT2D eigenvalue weighted by Crippen LogP contribution is -2.51. The summed E-state index contributed by atoms with van der Waals surface area (Å²) in [5.41, 5.74) is 10.9. The minimum Gasteiger partial charge on any atom is -0.368 e. The van der Waals surface area contributed by atoms with Crippen LogP contribution in [-0.2, 0) is 9.59 Å². The van der Waals surface area contributed by atoms with E-state index in [2.05, 4.69) is 0 Å². The Kier molecular flexibility index (Phi) is 2.65. The molecule has 5 nitrogen and oxygen atoms in total. The van der Waals surface area contributed by atoms with Crippen LogP contribution in [0.3, 0.4) is 0 Å². The van der Waals surface area contributed by atoms with Crippen LogP contribution in [0.1, 0.15) is 25.7 Å². The second kappa shape index (κ2) is 3.81. The van der Waals surface area contributed by atoms with Crippen molar-refractivity contribution < 1.29 is 9.59 Å². The molecule has 2 fully saturated rings. The van der Waals surface area contributed by atoms with Gasteiger partial charge in [0, 0.05) is 12.6 Å². The van der Waals surface area contributed by atoms with Gasteiger partial charge in [0.1, 0.15) is 6.04 Å². The Hall–Kier alpha value is -1.10. The molecule has 84 valence electrons. The maximum absolute atomic E-state index is 11.9. The number of nitrogens with zero attached hydrogens (tertiary/aromatic N) is 1. The lowest BCUT2D eigenvalue weighted by atomic mass is 10.0. The molecule has 0 aromatic rings. The van der Waals surface area contributed by atoms with Crippen molar-refractivity contribution in [2.75, 3.05) is 6.54 Å². The van der Waals surface area contributed by atoms with Gasteiger partial charge in [-0.15, -0.1) is 0 Å². The highest BCUT2D eigenvalue weighted by Crippen LogP contribution is 2.32. The van der Waals surface area contributed by atoms with Crippen molar-refractivity contribution in [3.05, 3.63) is 0 Å². The van der Waals surface area contributed by atoms with Crippen LogP contribution in [0.5, 0.6) is 0 Å². The average molecular weight is 211 g/mol. The highest BCUT2D eigenvalue weighted by atomic mass is 16.2. The summed E-state index contributed by atoms with van der Waals surface area (Å²) in [5, 5.41) is 0. The molecule has 2 aliphatic rings. The van der Waals surface area contributed by atoms with E-state index in [1.54, 1.807) is 4.90 Å². The third-order valence-corrected chi connectivity index (χ3v) is 3.27. The third kappa shape index (κ3) is 1.97. The first-order chi connectivity index (χ1) is 7.11. The van der Waals surface area contributed by atoms with Crippen molar-refractivity contribution in [1.29, 1.82) is 0 Å². The largest absolute Gasteiger partial charge is 0.368 e. The molecule has 0 aromatic heterocycles. The topological polar surface area (TPSA) is 89.4 Å². The lowest BCUT2D eigenvalue weighted by Gasteiger charge is -2.33. The molecule has 1 aliphatic carbocycles. The SMILES string of the molecule is NC(=O)C1CCCCN1C(=O)C1CC1N. The first-order valence-corrected chi connectivity index (χ1v) is 5.46. The van der Waals surface area contributed by atoms with Gasteiger partial charge in [0.05, 0.1) is 5.92 Å². The Balaban J connectivity index is 2.04. The Labute approximate surface area is 88.8 Å². The smallest absolute Gasteiger partial charge is 0.240 e. The van der Waals surface area contributed by atoms with Crippen LogP contribution >= 0.6 is 0 Å². The van der Waals surface area contributed by atoms with Gasteiger partial charge in [-0.3, -0.25) is 9.59 Å². The van der Waals surface area contributed by atoms with E-state index in [1.165, 1.54) is 0 Å². The molecule has 0 bridgehead atoms. The molecule has 4 N–H and O–H groups in total. The van der Waals surface area contributed by atoms with Crippen molar-refractivity contribution in [3.63, 3.8) is 0 Å². The summed E-state index contributed by atoms with van der Waals surface area (Å²) >= 11 is 0. The molecule has 15 heavy (non-hydrogen) atoms. The summed E-state index contributed by atoms with van der Waals surface area (Å²) in [6.07, 6.45) is 3.37. The average Bonchev–Trinajstić information content (AvgIpc) is 2.94. The lowest BCUT2D eigenvalue weighted by molar-refractivity contribution is -0.142. The van der Waals surface area contributed by atoms with Gasteiger partial charge in [-0.2, -0.15) is 0 Å². The number of piperidine rings is 1. The van der Waals surface area contributed by atoms with E-state index in [0.29, 0.717) is 13.0 Å². The molecule has 1 saturated heterocycles. The molecular weight excluding hydrogens is 194 g/mol. The summed E-state index contributed by atoms with van der Waals surface area (Å²) in [6.45, 7) is 0.648. The number of hydrogen-bond donors (Lipinski definition) is 2. The summed E-state index contributed by atoms with van der Waals surface area (Å²) in [5.74, 6) is -0.437. The van der Waals surface area contributed by atoms with E-state index in [0.717, 1.165) is 19.3 Å². The molecule has 1 heterocycles. The maximum Gasteiger partial charge on any atom is 0.240 e. The molecule has 5 heteroatoms. The molecule has 0 aromatic carbocycles. The van der Waals surface area contributed by atoms with E-state index in [9.17, 15) is 9.59 Å². The zero-order valence-electron chi connectivity index (χ0n) is 8.69. The Morgan fingerprint density at radius 3 is 2.47 bits per heavy atom. The number of hydrogen-bond acceptors (Lipinski definition) is 3. The Morgan fingerprint density at radius 2 is 1.93 bits per heavy atom. The second-order valence-electron chi connectivity index (χ2n) is 4.45. The predicted molar refractivity (Wildman–Crippen MR) is 54.6 cm³/mol. The van der Waals surface area contributed by atoms with Gasteiger partial charge >= 0.3 is 0 Å². The normalized spacial score (nSPS) is 35.0. The van der Waals surface area contributed by atoms with Crippen molar-refractivity contribution in [2.45, 2.75) is 37.8 Å². The zero-order valence-corrected chi connectivity index (χ0v) is 8.69. The van der Waals surface area contributed by atoms with Gasteiger partial charge in [0.2, 0.25) is 11.8 Å². The number of nitrogens with two attached hydrogens (primary N) is 2. The molecule has 2 amide bonds. The number of primary amides is 1. The number of amides is 2. The van der Waals surface area contributed by atoms with Crippen molar-refractivity contribution in [2.24, 2.45) is 17.4 Å². The van der Waals surface area contributed by atoms with E-state index >= 15 is 0 Å². The molecule has 1 saturated carbocycles. The maximum atomic E-state index is 11.9. The first kappa shape index (κ1) is 10.4. The van der Waals surface area contributed by atoms with Crippen LogP contribution < -0.4 is 11.5 Å². The van der Waals surface area contributed by atoms with E-state index < -0.39 is 11.9 Å². The monoisotopic (exact) mass is 211 g/mol. The molecule has 0 radical (unpaired) electrons. The molecule has 0 spiro atoms. The molecule has 1 aliphatic heterocycles. The minimum absolute atomic E-state index is 0.00652. The Morgan fingerprint density at radius 1 is 1.27 bits per heavy atom. The van der Waals surface area contributed by atoms with Crippen LogP contribution in [0.2, 0.25) is 0 Å². The third-order valence-electron chi connectivity index (χ3n) is 3.27. The van der Waals surface area contributed by atoms with Gasteiger partial charge < -0.3 is 16.4 Å². The van der Waals surface area contributed by atoms with E-state index in [-0.39, 0.29) is 17.9 Å². The highest BCUT2D eigenvalue weighted by molar-refractivity contribution is 5.89. The van der Waals surface area contributed by atoms with E-state index in [1.807, 2.05) is 0 Å². The summed E-state index contributed by atoms with van der Waals surface area (Å²) in [6, 6.07) is -0.410. The van der Waals surface area contributed by atoms with Crippen LogP contribution in [-0.4, -0.2) is 35.3 Å². The van der Waals surface area contributed by atoms with Crippen molar-refractivity contribution in [3.8, 4) is 0 Å². The summed E-state index contributed by atoms with van der Waals surface area (Å²) in [4.78, 5) is 24.7. The van der Waals surface area contributed by atoms with Gasteiger partial charge in [0.25, 0.3) is 0 Å². The quantitative estimate of drug-likeness (QED) is 0.626. The molecule has 3 unspecified atom stereocenters. The fourth-order valence-corrected chi connectivity index (χ4v) is 2.20. The van der Waals surface area contributed by atoms with Gasteiger partial charge in [-0.05, 0) is 25.7 Å². The first-order valence-electron chi connectivity index (χ1n) is 5.46. The van der Waals surface area contributed by atoms with E-state index in [4.69, 9.17) is 11.5 Å². The molecular formula is C10H17N3O2. The van der Waals surface area contributed by atoms with Gasteiger partial charge in [-0.1, -0.05) is 0 Å². The van der Waals surface area contributed by atoms with Crippen molar-refractivity contribution in [1.82, 2.24) is 4.90 Å². The van der Waals surface area contributed by atoms with Crippen LogP contribution in [0.15, 0.2) is 0 Å². The van der Waals surface area contributed by atoms with Gasteiger partial charge in [0.15, 0.2) is 0 Å². The predicted octanol–water partition coefficient (Wildman–Crippen LogP) is -0.800. The number of rotatable bonds is 2. The summed E-state index contributed by atoms with van der Waals surface area (Å²) in [7, 11) is 0. The van der Waals surface area contributed by atoms with Gasteiger partial charge in [-0.25, -0.2) is 0 Å². The Bertz CT molecular complexity index is 292. The fraction of sp³-hybridized carbons (Fsp3) is 0.800. The standard InChI is InChI=1S/C10H17N3O2/c11-7-5-6(7)10(15)13-4-2-1-3-8(13)9(12)14/h6-8H,1-5,11H2,(H2,12,14). The van der Waals surface area contributed by atoms with Crippen LogP contribution in [0.25, 0.3) is 0 Å². The van der Waals surface area contributed by atoms with Crippen LogP contribution in [0.4, 0.5) is 0 Å². The zero-order chi connectivity index (χ0) is 11.0. The second-order valence-corrected chi connectivity index (χ2v) is 4.45.